The highest BCUT2D eigenvalue weighted by Crippen LogP contribution is 2.37. The molecule has 1 aliphatic rings. The number of carbonyl (C=O) groups excluding carboxylic acids is 1. The molecule has 1 heterocycles. The molecule has 0 aliphatic carbocycles. The summed E-state index contributed by atoms with van der Waals surface area (Å²) in [6, 6.07) is 7.22. The number of hydrogen-bond donors (Lipinski definition) is 1. The highest BCUT2D eigenvalue weighted by atomic mass is 16.5. The standard InChI is InChI=1S/C13H15NO4/c1-14-7-9(11(12(14)15)13(16)17)8-5-3-4-6-10(8)18-2/h3-6,9,11H,7H2,1-2H3,(H,16,17). The summed E-state index contributed by atoms with van der Waals surface area (Å²) in [5, 5.41) is 9.21. The third kappa shape index (κ3) is 1.92. The fourth-order valence-corrected chi connectivity index (χ4v) is 2.43. The van der Waals surface area contributed by atoms with Crippen molar-refractivity contribution in [3.05, 3.63) is 29.8 Å². The zero-order chi connectivity index (χ0) is 13.3. The topological polar surface area (TPSA) is 66.8 Å². The fourth-order valence-electron chi connectivity index (χ4n) is 2.43. The number of amides is 1. The first-order chi connectivity index (χ1) is 8.56. The number of methoxy groups -OCH3 is 1. The summed E-state index contributed by atoms with van der Waals surface area (Å²) in [6.07, 6.45) is 0. The molecule has 0 bridgehead atoms. The van der Waals surface area contributed by atoms with Crippen molar-refractivity contribution < 1.29 is 19.4 Å². The number of benzene rings is 1. The Morgan fingerprint density at radius 3 is 2.72 bits per heavy atom. The summed E-state index contributed by atoms with van der Waals surface area (Å²) in [6.45, 7) is 0.399. The average Bonchev–Trinajstić information content (AvgIpc) is 2.65. The van der Waals surface area contributed by atoms with Crippen molar-refractivity contribution in [3.8, 4) is 5.75 Å². The zero-order valence-electron chi connectivity index (χ0n) is 10.3. The van der Waals surface area contributed by atoms with Gasteiger partial charge in [0, 0.05) is 25.1 Å². The first kappa shape index (κ1) is 12.4. The van der Waals surface area contributed by atoms with E-state index in [0.29, 0.717) is 12.3 Å². The molecule has 1 fully saturated rings. The van der Waals surface area contributed by atoms with Crippen molar-refractivity contribution in [2.75, 3.05) is 20.7 Å². The lowest BCUT2D eigenvalue weighted by Gasteiger charge is -2.16. The molecule has 0 radical (unpaired) electrons. The lowest BCUT2D eigenvalue weighted by Crippen LogP contribution is -2.28. The van der Waals surface area contributed by atoms with E-state index in [2.05, 4.69) is 0 Å². The van der Waals surface area contributed by atoms with Gasteiger partial charge in [0.15, 0.2) is 0 Å². The number of para-hydroxylation sites is 1. The van der Waals surface area contributed by atoms with Gasteiger partial charge in [-0.2, -0.15) is 0 Å². The van der Waals surface area contributed by atoms with E-state index in [0.717, 1.165) is 5.56 Å². The third-order valence-corrected chi connectivity index (χ3v) is 3.32. The number of carboxylic acids is 1. The number of carboxylic acid groups (broad SMARTS) is 1. The lowest BCUT2D eigenvalue weighted by molar-refractivity contribution is -0.147. The van der Waals surface area contributed by atoms with Crippen LogP contribution in [0.5, 0.6) is 5.75 Å². The number of likely N-dealkylation sites (tertiary alicyclic amines) is 1. The van der Waals surface area contributed by atoms with E-state index >= 15 is 0 Å². The minimum absolute atomic E-state index is 0.349. The second kappa shape index (κ2) is 4.68. The fraction of sp³-hybridized carbons (Fsp3) is 0.385. The van der Waals surface area contributed by atoms with Gasteiger partial charge in [-0.3, -0.25) is 9.59 Å². The Bertz CT molecular complexity index is 486. The lowest BCUT2D eigenvalue weighted by atomic mass is 9.88. The average molecular weight is 249 g/mol. The summed E-state index contributed by atoms with van der Waals surface area (Å²) < 4.78 is 5.23. The van der Waals surface area contributed by atoms with Crippen LogP contribution in [0.1, 0.15) is 11.5 Å². The molecule has 1 amide bonds. The smallest absolute Gasteiger partial charge is 0.316 e. The third-order valence-electron chi connectivity index (χ3n) is 3.32. The molecular formula is C13H15NO4. The van der Waals surface area contributed by atoms with E-state index in [-0.39, 0.29) is 11.8 Å². The molecule has 1 aromatic carbocycles. The molecule has 1 aliphatic heterocycles. The number of ether oxygens (including phenoxy) is 1. The number of likely N-dealkylation sites (N-methyl/N-ethyl adjacent to an activating group) is 1. The van der Waals surface area contributed by atoms with Crippen LogP contribution in [0.25, 0.3) is 0 Å². The Labute approximate surface area is 105 Å². The predicted molar refractivity (Wildman–Crippen MR) is 64.5 cm³/mol. The van der Waals surface area contributed by atoms with Gasteiger partial charge in [-0.15, -0.1) is 0 Å². The van der Waals surface area contributed by atoms with E-state index in [1.54, 1.807) is 13.1 Å². The monoisotopic (exact) mass is 249 g/mol. The molecule has 2 atom stereocenters. The van der Waals surface area contributed by atoms with Gasteiger partial charge >= 0.3 is 5.97 Å². The summed E-state index contributed by atoms with van der Waals surface area (Å²) in [5.74, 6) is -2.20. The van der Waals surface area contributed by atoms with Gasteiger partial charge < -0.3 is 14.7 Å². The van der Waals surface area contributed by atoms with E-state index in [4.69, 9.17) is 4.74 Å². The molecular weight excluding hydrogens is 234 g/mol. The molecule has 5 heteroatoms. The van der Waals surface area contributed by atoms with Gasteiger partial charge in [-0.1, -0.05) is 18.2 Å². The molecule has 0 aromatic heterocycles. The Balaban J connectivity index is 2.43. The molecule has 0 spiro atoms. The number of nitrogens with zero attached hydrogens (tertiary/aromatic N) is 1. The maximum atomic E-state index is 11.8. The Morgan fingerprint density at radius 2 is 2.11 bits per heavy atom. The largest absolute Gasteiger partial charge is 0.496 e. The summed E-state index contributed by atoms with van der Waals surface area (Å²) in [7, 11) is 3.16. The van der Waals surface area contributed by atoms with Crippen molar-refractivity contribution in [1.82, 2.24) is 4.90 Å². The SMILES string of the molecule is COc1ccccc1C1CN(C)C(=O)C1C(=O)O. The number of carbonyl (C=O) groups is 2. The van der Waals surface area contributed by atoms with Crippen molar-refractivity contribution in [2.45, 2.75) is 5.92 Å². The van der Waals surface area contributed by atoms with Crippen LogP contribution >= 0.6 is 0 Å². The van der Waals surface area contributed by atoms with Gasteiger partial charge in [-0.25, -0.2) is 0 Å². The van der Waals surface area contributed by atoms with Gasteiger partial charge in [0.25, 0.3) is 0 Å². The van der Waals surface area contributed by atoms with Crippen LogP contribution in [0.2, 0.25) is 0 Å². The maximum Gasteiger partial charge on any atom is 0.316 e. The minimum atomic E-state index is -1.08. The highest BCUT2D eigenvalue weighted by Gasteiger charge is 2.45. The van der Waals surface area contributed by atoms with Crippen molar-refractivity contribution in [1.29, 1.82) is 0 Å². The van der Waals surface area contributed by atoms with Crippen molar-refractivity contribution in [3.63, 3.8) is 0 Å². The molecule has 96 valence electrons. The van der Waals surface area contributed by atoms with E-state index < -0.39 is 11.9 Å². The van der Waals surface area contributed by atoms with Crippen LogP contribution in [-0.4, -0.2) is 42.6 Å². The highest BCUT2D eigenvalue weighted by molar-refractivity contribution is 5.99. The summed E-state index contributed by atoms with van der Waals surface area (Å²) in [4.78, 5) is 24.5. The van der Waals surface area contributed by atoms with E-state index in [9.17, 15) is 14.7 Å². The van der Waals surface area contributed by atoms with Crippen LogP contribution in [0.4, 0.5) is 0 Å². The number of rotatable bonds is 3. The number of hydrogen-bond acceptors (Lipinski definition) is 3. The van der Waals surface area contributed by atoms with Crippen molar-refractivity contribution >= 4 is 11.9 Å². The normalized spacial score (nSPS) is 23.2. The molecule has 2 rings (SSSR count). The second-order valence-corrected chi connectivity index (χ2v) is 4.38. The molecule has 2 unspecified atom stereocenters. The van der Waals surface area contributed by atoms with Gasteiger partial charge in [0.1, 0.15) is 11.7 Å². The van der Waals surface area contributed by atoms with Gasteiger partial charge in [0.2, 0.25) is 5.91 Å². The number of aliphatic carboxylic acids is 1. The zero-order valence-corrected chi connectivity index (χ0v) is 10.3. The second-order valence-electron chi connectivity index (χ2n) is 4.38. The van der Waals surface area contributed by atoms with Crippen LogP contribution < -0.4 is 4.74 Å². The minimum Gasteiger partial charge on any atom is -0.496 e. The molecule has 5 nitrogen and oxygen atoms in total. The molecule has 18 heavy (non-hydrogen) atoms. The van der Waals surface area contributed by atoms with Crippen LogP contribution in [0, 0.1) is 5.92 Å². The summed E-state index contributed by atoms with van der Waals surface area (Å²) >= 11 is 0. The Hall–Kier alpha value is -2.04. The maximum absolute atomic E-state index is 11.8. The molecule has 0 saturated carbocycles. The van der Waals surface area contributed by atoms with E-state index in [1.165, 1.54) is 12.0 Å². The molecule has 1 N–H and O–H groups in total. The Morgan fingerprint density at radius 1 is 1.44 bits per heavy atom. The van der Waals surface area contributed by atoms with Crippen LogP contribution in [0.15, 0.2) is 24.3 Å². The van der Waals surface area contributed by atoms with E-state index in [1.807, 2.05) is 18.2 Å². The van der Waals surface area contributed by atoms with Crippen LogP contribution in [-0.2, 0) is 9.59 Å². The Kier molecular flexibility index (Phi) is 3.23. The quantitative estimate of drug-likeness (QED) is 0.810. The summed E-state index contributed by atoms with van der Waals surface area (Å²) in [5.41, 5.74) is 0.769. The van der Waals surface area contributed by atoms with Crippen molar-refractivity contribution in [2.24, 2.45) is 5.92 Å². The van der Waals surface area contributed by atoms with Gasteiger partial charge in [-0.05, 0) is 6.07 Å². The van der Waals surface area contributed by atoms with Gasteiger partial charge in [0.05, 0.1) is 7.11 Å². The first-order valence-corrected chi connectivity index (χ1v) is 5.67. The predicted octanol–water partition coefficient (Wildman–Crippen LogP) is 0.952. The molecule has 1 saturated heterocycles. The first-order valence-electron chi connectivity index (χ1n) is 5.67. The molecule has 1 aromatic rings. The van der Waals surface area contributed by atoms with Crippen LogP contribution in [0.3, 0.4) is 0 Å².